The molecule has 0 aliphatic carbocycles. The normalized spacial score (nSPS) is 12.0. The van der Waals surface area contributed by atoms with Crippen LogP contribution in [-0.2, 0) is 27.5 Å². The zero-order chi connectivity index (χ0) is 11.2. The molecule has 3 aromatic rings. The minimum Gasteiger partial charge on any atom is -0.455 e. The Morgan fingerprint density at radius 2 is 1.32 bits per heavy atom. The molecule has 0 saturated heterocycles. The van der Waals surface area contributed by atoms with Crippen LogP contribution in [0.5, 0.6) is 0 Å². The molecule has 0 atom stereocenters. The summed E-state index contributed by atoms with van der Waals surface area (Å²) in [6.07, 6.45) is 3.93. The van der Waals surface area contributed by atoms with Crippen LogP contribution in [0.4, 0.5) is 5.69 Å². The quantitative estimate of drug-likeness (QED) is 0.377. The fraction of sp³-hybridized carbons (Fsp3) is 0.0588. The maximum Gasteiger partial charge on any atom is 2.00 e. The maximum absolute atomic E-state index is 4.43. The third kappa shape index (κ3) is 1.93. The molecule has 4 rings (SSSR count). The van der Waals surface area contributed by atoms with Gasteiger partial charge in [0.1, 0.15) is 0 Å². The minimum atomic E-state index is 0. The second-order valence-corrected chi connectivity index (χ2v) is 4.37. The first-order valence-corrected chi connectivity index (χ1v) is 5.81. The summed E-state index contributed by atoms with van der Waals surface area (Å²) in [7, 11) is 0. The first-order chi connectivity index (χ1) is 8.45. The Morgan fingerprint density at radius 3 is 2.00 bits per heavy atom. The van der Waals surface area contributed by atoms with Crippen LogP contribution < -0.4 is 0 Å². The van der Waals surface area contributed by atoms with Crippen LogP contribution in [0.15, 0.2) is 53.5 Å². The molecule has 92 valence electrons. The Hall–Kier alpha value is -1.46. The SMILES string of the molecule is [C-]1=Nc2c(c3ccccc3c3ccccc23)C1.[CH3-].[W+2]. The number of rotatable bonds is 0. The van der Waals surface area contributed by atoms with E-state index in [2.05, 4.69) is 59.7 Å². The van der Waals surface area contributed by atoms with Gasteiger partial charge < -0.3 is 12.4 Å². The van der Waals surface area contributed by atoms with Crippen molar-refractivity contribution in [2.24, 2.45) is 4.99 Å². The standard InChI is InChI=1S/C16H10N.CH3.W/c1-2-7-13-11(5-1)12-6-3-4-8-14(12)16-15(13)9-10-17-16;;/h1-8H,9H2;1H3;/q2*-1;+2. The van der Waals surface area contributed by atoms with Crippen LogP contribution >= 0.6 is 0 Å². The molecule has 0 radical (unpaired) electrons. The van der Waals surface area contributed by atoms with E-state index in [4.69, 9.17) is 0 Å². The summed E-state index contributed by atoms with van der Waals surface area (Å²) >= 11 is 0. The van der Waals surface area contributed by atoms with Gasteiger partial charge in [-0.05, 0) is 16.2 Å². The molecule has 0 spiro atoms. The van der Waals surface area contributed by atoms with Gasteiger partial charge in [-0.15, -0.1) is 5.56 Å². The number of benzene rings is 3. The van der Waals surface area contributed by atoms with Crippen LogP contribution in [-0.4, -0.2) is 6.21 Å². The molecule has 0 N–H and O–H groups in total. The molecular weight excluding hydrogens is 402 g/mol. The number of hydrogen-bond acceptors (Lipinski definition) is 1. The Morgan fingerprint density at radius 1 is 0.789 bits per heavy atom. The van der Waals surface area contributed by atoms with E-state index in [0.717, 1.165) is 12.1 Å². The fourth-order valence-electron chi connectivity index (χ4n) is 2.70. The van der Waals surface area contributed by atoms with Crippen LogP contribution in [0.1, 0.15) is 5.56 Å². The molecule has 3 aromatic carbocycles. The van der Waals surface area contributed by atoms with E-state index >= 15 is 0 Å². The molecule has 0 fully saturated rings. The van der Waals surface area contributed by atoms with Crippen LogP contribution in [0.25, 0.3) is 21.5 Å². The first-order valence-electron chi connectivity index (χ1n) is 5.81. The summed E-state index contributed by atoms with van der Waals surface area (Å²) in [4.78, 5) is 4.43. The van der Waals surface area contributed by atoms with E-state index in [1.807, 2.05) is 0 Å². The average Bonchev–Trinajstić information content (AvgIpc) is 2.89. The summed E-state index contributed by atoms with van der Waals surface area (Å²) in [5.74, 6) is 0. The van der Waals surface area contributed by atoms with Crippen molar-refractivity contribution in [1.29, 1.82) is 0 Å². The summed E-state index contributed by atoms with van der Waals surface area (Å²) < 4.78 is 0. The molecule has 0 aromatic heterocycles. The van der Waals surface area contributed by atoms with Crippen LogP contribution in [0, 0.1) is 7.43 Å². The molecule has 0 bridgehead atoms. The Balaban J connectivity index is 0.000000667. The average molecular weight is 415 g/mol. The van der Waals surface area contributed by atoms with Gasteiger partial charge in [0.25, 0.3) is 0 Å². The molecule has 2 heteroatoms. The molecule has 1 heterocycles. The summed E-state index contributed by atoms with van der Waals surface area (Å²) in [6.45, 7) is 0. The van der Waals surface area contributed by atoms with E-state index in [9.17, 15) is 0 Å². The van der Waals surface area contributed by atoms with Gasteiger partial charge in [-0.25, -0.2) is 0 Å². The molecular formula is C17H13NW. The van der Waals surface area contributed by atoms with Crippen LogP contribution in [0.2, 0.25) is 0 Å². The summed E-state index contributed by atoms with van der Waals surface area (Å²) in [5.41, 5.74) is 2.43. The van der Waals surface area contributed by atoms with E-state index in [1.54, 1.807) is 0 Å². The van der Waals surface area contributed by atoms with Gasteiger partial charge in [0.15, 0.2) is 0 Å². The number of fused-ring (bicyclic) bond motifs is 6. The molecule has 19 heavy (non-hydrogen) atoms. The van der Waals surface area contributed by atoms with Crippen LogP contribution in [0.3, 0.4) is 0 Å². The number of aliphatic imine (C=N–C) groups is 1. The van der Waals surface area contributed by atoms with Gasteiger partial charge in [-0.1, -0.05) is 66.0 Å². The van der Waals surface area contributed by atoms with Crippen molar-refractivity contribution in [2.45, 2.75) is 6.42 Å². The second-order valence-electron chi connectivity index (χ2n) is 4.37. The van der Waals surface area contributed by atoms with Gasteiger partial charge in [-0.3, -0.25) is 0 Å². The zero-order valence-corrected chi connectivity index (χ0v) is 13.6. The Labute approximate surface area is 127 Å². The maximum atomic E-state index is 4.43. The first kappa shape index (κ1) is 14.0. The van der Waals surface area contributed by atoms with Gasteiger partial charge in [0.05, 0.1) is 0 Å². The topological polar surface area (TPSA) is 12.4 Å². The largest absolute Gasteiger partial charge is 2.00 e. The molecule has 0 saturated carbocycles. The second kappa shape index (κ2) is 5.27. The molecule has 0 unspecified atom stereocenters. The smallest absolute Gasteiger partial charge is 0.455 e. The molecule has 1 aliphatic heterocycles. The van der Waals surface area contributed by atoms with Crippen molar-refractivity contribution < 1.29 is 21.1 Å². The number of hydrogen-bond donors (Lipinski definition) is 0. The predicted octanol–water partition coefficient (Wildman–Crippen LogP) is 4.58. The van der Waals surface area contributed by atoms with Crippen molar-refractivity contribution in [3.8, 4) is 0 Å². The summed E-state index contributed by atoms with van der Waals surface area (Å²) in [6, 6.07) is 17.0. The van der Waals surface area contributed by atoms with Gasteiger partial charge in [-0.2, -0.15) is 6.21 Å². The zero-order valence-electron chi connectivity index (χ0n) is 10.7. The molecule has 0 amide bonds. The van der Waals surface area contributed by atoms with E-state index in [1.165, 1.54) is 27.1 Å². The molecule has 1 aliphatic rings. The fourth-order valence-corrected chi connectivity index (χ4v) is 2.70. The Kier molecular flexibility index (Phi) is 3.87. The van der Waals surface area contributed by atoms with Crippen molar-refractivity contribution in [3.63, 3.8) is 0 Å². The molecule has 1 nitrogen and oxygen atoms in total. The predicted molar refractivity (Wildman–Crippen MR) is 78.7 cm³/mol. The van der Waals surface area contributed by atoms with E-state index < -0.39 is 0 Å². The number of nitrogens with zero attached hydrogens (tertiary/aromatic N) is 1. The monoisotopic (exact) mass is 415 g/mol. The third-order valence-electron chi connectivity index (χ3n) is 3.46. The van der Waals surface area contributed by atoms with Crippen molar-refractivity contribution >= 4 is 33.4 Å². The third-order valence-corrected chi connectivity index (χ3v) is 3.46. The van der Waals surface area contributed by atoms with Crippen molar-refractivity contribution in [1.82, 2.24) is 0 Å². The van der Waals surface area contributed by atoms with Crippen molar-refractivity contribution in [3.05, 3.63) is 61.5 Å². The van der Waals surface area contributed by atoms with Gasteiger partial charge in [0, 0.05) is 0 Å². The van der Waals surface area contributed by atoms with E-state index in [0.29, 0.717) is 0 Å². The van der Waals surface area contributed by atoms with Crippen molar-refractivity contribution in [2.75, 3.05) is 0 Å². The Bertz CT molecular complexity index is 775. The van der Waals surface area contributed by atoms with Gasteiger partial charge >= 0.3 is 21.1 Å². The summed E-state index contributed by atoms with van der Waals surface area (Å²) in [5, 5.41) is 5.16. The van der Waals surface area contributed by atoms with E-state index in [-0.39, 0.29) is 28.5 Å². The minimum absolute atomic E-state index is 0. The van der Waals surface area contributed by atoms with Gasteiger partial charge in [0.2, 0.25) is 0 Å².